The van der Waals surface area contributed by atoms with Gasteiger partial charge < -0.3 is 10.2 Å². The van der Waals surface area contributed by atoms with Crippen molar-refractivity contribution in [3.8, 4) is 5.69 Å². The summed E-state index contributed by atoms with van der Waals surface area (Å²) in [4.78, 5) is 14.6. The summed E-state index contributed by atoms with van der Waals surface area (Å²) in [5, 5.41) is 11.3. The Balaban J connectivity index is 1.37. The van der Waals surface area contributed by atoms with E-state index in [9.17, 15) is 4.79 Å². The van der Waals surface area contributed by atoms with Crippen LogP contribution in [0.1, 0.15) is 37.8 Å². The number of benzene rings is 1. The van der Waals surface area contributed by atoms with E-state index in [4.69, 9.17) is 0 Å². The van der Waals surface area contributed by atoms with Crippen molar-refractivity contribution in [1.29, 1.82) is 0 Å². The summed E-state index contributed by atoms with van der Waals surface area (Å²) in [7, 11) is 0. The highest BCUT2D eigenvalue weighted by atomic mass is 16.2. The molecule has 0 bridgehead atoms. The molecule has 2 aromatic rings. The maximum absolute atomic E-state index is 12.6. The van der Waals surface area contributed by atoms with Crippen LogP contribution >= 0.6 is 0 Å². The second kappa shape index (κ2) is 6.63. The zero-order valence-electron chi connectivity index (χ0n) is 13.8. The summed E-state index contributed by atoms with van der Waals surface area (Å²) < 4.78 is 1.73. The smallest absolute Gasteiger partial charge is 0.317 e. The molecule has 1 aliphatic heterocycles. The molecule has 126 valence electrons. The zero-order valence-corrected chi connectivity index (χ0v) is 13.8. The first-order valence-electron chi connectivity index (χ1n) is 8.82. The Bertz CT molecular complexity index is 698. The standard InChI is InChI=1S/C18H23N5O/c24-18(22-11-5-7-14-6-4-10-17(14)22)19-12-15-13-23(21-20-15)16-8-2-1-3-9-16/h1-3,8-9,13-14,17H,4-7,10-12H2,(H,19,24)/t14-,17-/m0/s1. The van der Waals surface area contributed by atoms with Gasteiger partial charge in [-0.2, -0.15) is 0 Å². The minimum absolute atomic E-state index is 0.0425. The molecule has 6 nitrogen and oxygen atoms in total. The second-order valence-corrected chi connectivity index (χ2v) is 6.74. The van der Waals surface area contributed by atoms with Gasteiger partial charge in [-0.3, -0.25) is 0 Å². The number of hydrogen-bond donors (Lipinski definition) is 1. The Labute approximate surface area is 141 Å². The van der Waals surface area contributed by atoms with Crippen molar-refractivity contribution in [2.24, 2.45) is 5.92 Å². The van der Waals surface area contributed by atoms with E-state index in [1.165, 1.54) is 19.3 Å². The quantitative estimate of drug-likeness (QED) is 0.944. The average Bonchev–Trinajstić information content (AvgIpc) is 3.29. The van der Waals surface area contributed by atoms with Gasteiger partial charge in [-0.15, -0.1) is 5.10 Å². The summed E-state index contributed by atoms with van der Waals surface area (Å²) in [5.74, 6) is 0.712. The maximum Gasteiger partial charge on any atom is 0.317 e. The third-order valence-corrected chi connectivity index (χ3v) is 5.24. The summed E-state index contributed by atoms with van der Waals surface area (Å²) in [6.07, 6.45) is 7.95. The molecule has 2 amide bonds. The number of para-hydroxylation sites is 1. The molecule has 2 atom stereocenters. The molecule has 1 aliphatic carbocycles. The molecule has 24 heavy (non-hydrogen) atoms. The van der Waals surface area contributed by atoms with Crippen molar-refractivity contribution in [3.05, 3.63) is 42.2 Å². The third-order valence-electron chi connectivity index (χ3n) is 5.24. The number of carbonyl (C=O) groups excluding carboxylic acids is 1. The molecule has 0 spiro atoms. The number of rotatable bonds is 3. The van der Waals surface area contributed by atoms with Gasteiger partial charge in [0.2, 0.25) is 0 Å². The highest BCUT2D eigenvalue weighted by Crippen LogP contribution is 2.36. The molecule has 4 rings (SSSR count). The number of hydrogen-bond acceptors (Lipinski definition) is 3. The molecule has 1 aromatic carbocycles. The first-order chi connectivity index (χ1) is 11.8. The van der Waals surface area contributed by atoms with E-state index in [-0.39, 0.29) is 6.03 Å². The van der Waals surface area contributed by atoms with Gasteiger partial charge in [0.05, 0.1) is 18.4 Å². The van der Waals surface area contributed by atoms with Crippen molar-refractivity contribution in [3.63, 3.8) is 0 Å². The van der Waals surface area contributed by atoms with Crippen LogP contribution in [0.15, 0.2) is 36.5 Å². The molecule has 0 unspecified atom stereocenters. The van der Waals surface area contributed by atoms with E-state index in [0.29, 0.717) is 18.5 Å². The van der Waals surface area contributed by atoms with Crippen LogP contribution in [-0.4, -0.2) is 38.5 Å². The largest absolute Gasteiger partial charge is 0.332 e. The Kier molecular flexibility index (Phi) is 4.19. The second-order valence-electron chi connectivity index (χ2n) is 6.74. The molecule has 2 aliphatic rings. The van der Waals surface area contributed by atoms with Gasteiger partial charge in [-0.25, -0.2) is 9.48 Å². The Morgan fingerprint density at radius 3 is 2.88 bits per heavy atom. The van der Waals surface area contributed by atoms with Crippen LogP contribution in [0.4, 0.5) is 4.79 Å². The van der Waals surface area contributed by atoms with Gasteiger partial charge in [-0.05, 0) is 43.7 Å². The predicted molar refractivity (Wildman–Crippen MR) is 90.7 cm³/mol. The Morgan fingerprint density at radius 1 is 1.17 bits per heavy atom. The van der Waals surface area contributed by atoms with E-state index in [1.54, 1.807) is 4.68 Å². The fourth-order valence-electron chi connectivity index (χ4n) is 4.06. The van der Waals surface area contributed by atoms with Crippen molar-refractivity contribution in [2.75, 3.05) is 6.54 Å². The van der Waals surface area contributed by atoms with Crippen molar-refractivity contribution >= 4 is 6.03 Å². The molecule has 2 fully saturated rings. The zero-order chi connectivity index (χ0) is 16.4. The number of urea groups is 1. The van der Waals surface area contributed by atoms with E-state index >= 15 is 0 Å². The lowest BCUT2D eigenvalue weighted by atomic mass is 9.92. The van der Waals surface area contributed by atoms with Crippen molar-refractivity contribution in [1.82, 2.24) is 25.2 Å². The monoisotopic (exact) mass is 325 g/mol. The fraction of sp³-hybridized carbons (Fsp3) is 0.500. The summed E-state index contributed by atoms with van der Waals surface area (Å²) in [6.45, 7) is 1.29. The normalized spacial score (nSPS) is 23.1. The summed E-state index contributed by atoms with van der Waals surface area (Å²) in [6, 6.07) is 10.3. The number of nitrogens with one attached hydrogen (secondary N) is 1. The highest BCUT2D eigenvalue weighted by molar-refractivity contribution is 5.74. The van der Waals surface area contributed by atoms with E-state index < -0.39 is 0 Å². The number of nitrogens with zero attached hydrogens (tertiary/aromatic N) is 4. The van der Waals surface area contributed by atoms with Crippen molar-refractivity contribution in [2.45, 2.75) is 44.7 Å². The first-order valence-corrected chi connectivity index (χ1v) is 8.82. The average molecular weight is 325 g/mol. The van der Waals surface area contributed by atoms with Crippen LogP contribution in [-0.2, 0) is 6.54 Å². The number of likely N-dealkylation sites (tertiary alicyclic amines) is 1. The van der Waals surface area contributed by atoms with Gasteiger partial charge in [0, 0.05) is 12.6 Å². The lowest BCUT2D eigenvalue weighted by Gasteiger charge is -2.37. The van der Waals surface area contributed by atoms with Crippen LogP contribution in [0.2, 0.25) is 0 Å². The molecular formula is C18H23N5O. The minimum atomic E-state index is 0.0425. The number of piperidine rings is 1. The molecule has 1 aromatic heterocycles. The van der Waals surface area contributed by atoms with E-state index in [1.807, 2.05) is 41.4 Å². The molecular weight excluding hydrogens is 302 g/mol. The van der Waals surface area contributed by atoms with Crippen LogP contribution in [0.3, 0.4) is 0 Å². The first kappa shape index (κ1) is 15.2. The van der Waals surface area contributed by atoms with Crippen molar-refractivity contribution < 1.29 is 4.79 Å². The van der Waals surface area contributed by atoms with Gasteiger partial charge >= 0.3 is 6.03 Å². The van der Waals surface area contributed by atoms with Gasteiger partial charge in [-0.1, -0.05) is 29.8 Å². The summed E-state index contributed by atoms with van der Waals surface area (Å²) in [5.41, 5.74) is 1.74. The third kappa shape index (κ3) is 3.00. The lowest BCUT2D eigenvalue weighted by Crippen LogP contribution is -2.50. The maximum atomic E-state index is 12.6. The van der Waals surface area contributed by atoms with Gasteiger partial charge in [0.1, 0.15) is 5.69 Å². The molecule has 0 radical (unpaired) electrons. The van der Waals surface area contributed by atoms with Gasteiger partial charge in [0.15, 0.2) is 0 Å². The Morgan fingerprint density at radius 2 is 2.00 bits per heavy atom. The number of amides is 2. The van der Waals surface area contributed by atoms with E-state index in [2.05, 4.69) is 15.6 Å². The molecule has 6 heteroatoms. The summed E-state index contributed by atoms with van der Waals surface area (Å²) >= 11 is 0. The number of fused-ring (bicyclic) bond motifs is 1. The predicted octanol–water partition coefficient (Wildman–Crippen LogP) is 2.74. The lowest BCUT2D eigenvalue weighted by molar-refractivity contribution is 0.128. The van der Waals surface area contributed by atoms with Crippen LogP contribution in [0, 0.1) is 5.92 Å². The molecule has 1 saturated carbocycles. The Hall–Kier alpha value is -2.37. The van der Waals surface area contributed by atoms with Crippen LogP contribution in [0.25, 0.3) is 5.69 Å². The van der Waals surface area contributed by atoms with E-state index in [0.717, 1.165) is 30.8 Å². The number of carbonyl (C=O) groups is 1. The van der Waals surface area contributed by atoms with Gasteiger partial charge in [0.25, 0.3) is 0 Å². The van der Waals surface area contributed by atoms with Crippen LogP contribution < -0.4 is 5.32 Å². The molecule has 1 saturated heterocycles. The topological polar surface area (TPSA) is 63.1 Å². The molecule has 2 heterocycles. The highest BCUT2D eigenvalue weighted by Gasteiger charge is 2.37. The number of aromatic nitrogens is 3. The fourth-order valence-corrected chi connectivity index (χ4v) is 4.06. The molecule has 1 N–H and O–H groups in total. The SMILES string of the molecule is O=C(NCc1cn(-c2ccccc2)nn1)N1CCC[C@@H]2CCC[C@@H]21. The minimum Gasteiger partial charge on any atom is -0.332 e. The van der Waals surface area contributed by atoms with Crippen LogP contribution in [0.5, 0.6) is 0 Å².